The fourth-order valence-corrected chi connectivity index (χ4v) is 5.36. The molecule has 0 atom stereocenters. The second kappa shape index (κ2) is 9.79. The first-order valence-corrected chi connectivity index (χ1v) is 12.6. The number of allylic oxidation sites excluding steroid dienone is 2. The third kappa shape index (κ3) is 4.09. The van der Waals surface area contributed by atoms with Crippen LogP contribution in [0, 0.1) is 6.92 Å². The largest absolute Gasteiger partial charge is 0.496 e. The number of methoxy groups -OCH3 is 1. The van der Waals surface area contributed by atoms with Gasteiger partial charge >= 0.3 is 0 Å². The van der Waals surface area contributed by atoms with Gasteiger partial charge in [-0.2, -0.15) is 0 Å². The Bertz CT molecular complexity index is 1670. The summed E-state index contributed by atoms with van der Waals surface area (Å²) < 4.78 is 5.85. The molecule has 3 heteroatoms. The second-order valence-electron chi connectivity index (χ2n) is 9.22. The number of dihydropyridines is 1. The summed E-state index contributed by atoms with van der Waals surface area (Å²) in [6.07, 6.45) is 10.2. The topological polar surface area (TPSA) is 34.1 Å². The Hall–Kier alpha value is -4.63. The SMILES string of the molecule is COc1ccccc1-c1c(-c2ccncc2)ccc2c(-c3ccccc3C)c(C3=CCNC=C3)ccc12. The van der Waals surface area contributed by atoms with E-state index in [0.717, 1.165) is 34.5 Å². The van der Waals surface area contributed by atoms with Crippen molar-refractivity contribution in [3.05, 3.63) is 127 Å². The van der Waals surface area contributed by atoms with Crippen molar-refractivity contribution < 1.29 is 4.74 Å². The second-order valence-corrected chi connectivity index (χ2v) is 9.22. The van der Waals surface area contributed by atoms with E-state index < -0.39 is 0 Å². The van der Waals surface area contributed by atoms with Gasteiger partial charge in [-0.1, -0.05) is 72.8 Å². The molecule has 0 fully saturated rings. The summed E-state index contributed by atoms with van der Waals surface area (Å²) in [5, 5.41) is 5.70. The van der Waals surface area contributed by atoms with Crippen LogP contribution >= 0.6 is 0 Å². The molecule has 0 saturated carbocycles. The maximum Gasteiger partial charge on any atom is 0.126 e. The molecule has 1 aliphatic heterocycles. The highest BCUT2D eigenvalue weighted by molar-refractivity contribution is 6.12. The molecule has 0 spiro atoms. The van der Waals surface area contributed by atoms with Crippen LogP contribution in [-0.4, -0.2) is 18.6 Å². The monoisotopic (exact) mass is 480 g/mol. The summed E-state index contributed by atoms with van der Waals surface area (Å²) in [7, 11) is 1.74. The number of benzene rings is 4. The number of rotatable bonds is 5. The van der Waals surface area contributed by atoms with Crippen molar-refractivity contribution in [3.63, 3.8) is 0 Å². The van der Waals surface area contributed by atoms with Gasteiger partial charge in [-0.25, -0.2) is 0 Å². The average Bonchev–Trinajstić information content (AvgIpc) is 2.97. The van der Waals surface area contributed by atoms with E-state index in [1.165, 1.54) is 38.6 Å². The molecule has 1 N–H and O–H groups in total. The van der Waals surface area contributed by atoms with Crippen molar-refractivity contribution in [1.82, 2.24) is 10.3 Å². The summed E-state index contributed by atoms with van der Waals surface area (Å²) in [6, 6.07) is 30.2. The number of aromatic nitrogens is 1. The molecule has 0 amide bonds. The van der Waals surface area contributed by atoms with Gasteiger partial charge < -0.3 is 10.1 Å². The Labute approximate surface area is 217 Å². The average molecular weight is 481 g/mol. The molecule has 0 radical (unpaired) electrons. The van der Waals surface area contributed by atoms with E-state index in [4.69, 9.17) is 4.74 Å². The van der Waals surface area contributed by atoms with Crippen LogP contribution in [0.2, 0.25) is 0 Å². The molecule has 0 aliphatic carbocycles. The number of pyridine rings is 1. The lowest BCUT2D eigenvalue weighted by molar-refractivity contribution is 0.416. The Kier molecular flexibility index (Phi) is 6.03. The fourth-order valence-electron chi connectivity index (χ4n) is 5.36. The normalized spacial score (nSPS) is 12.8. The number of aryl methyl sites for hydroxylation is 1. The van der Waals surface area contributed by atoms with Gasteiger partial charge in [0.1, 0.15) is 5.75 Å². The highest BCUT2D eigenvalue weighted by Gasteiger charge is 2.20. The van der Waals surface area contributed by atoms with E-state index in [1.54, 1.807) is 7.11 Å². The van der Waals surface area contributed by atoms with E-state index in [9.17, 15) is 0 Å². The molecule has 3 nitrogen and oxygen atoms in total. The van der Waals surface area contributed by atoms with Gasteiger partial charge in [-0.3, -0.25) is 4.98 Å². The number of ether oxygens (including phenoxy) is 1. The highest BCUT2D eigenvalue weighted by atomic mass is 16.5. The van der Waals surface area contributed by atoms with Crippen molar-refractivity contribution in [2.75, 3.05) is 13.7 Å². The lowest BCUT2D eigenvalue weighted by Gasteiger charge is -2.22. The number of hydrogen-bond acceptors (Lipinski definition) is 3. The molecule has 37 heavy (non-hydrogen) atoms. The molecular weight excluding hydrogens is 452 g/mol. The molecule has 0 saturated heterocycles. The zero-order chi connectivity index (χ0) is 25.2. The molecule has 4 aromatic carbocycles. The van der Waals surface area contributed by atoms with Crippen molar-refractivity contribution in [2.24, 2.45) is 0 Å². The van der Waals surface area contributed by atoms with E-state index in [0.29, 0.717) is 0 Å². The predicted molar refractivity (Wildman–Crippen MR) is 154 cm³/mol. The molecule has 0 bridgehead atoms. The zero-order valence-electron chi connectivity index (χ0n) is 21.0. The lowest BCUT2D eigenvalue weighted by atomic mass is 9.83. The first kappa shape index (κ1) is 22.8. The highest BCUT2D eigenvalue weighted by Crippen LogP contribution is 2.46. The van der Waals surface area contributed by atoms with Crippen molar-refractivity contribution >= 4 is 16.3 Å². The third-order valence-corrected chi connectivity index (χ3v) is 7.11. The van der Waals surface area contributed by atoms with Crippen LogP contribution in [-0.2, 0) is 0 Å². The first-order chi connectivity index (χ1) is 18.3. The minimum Gasteiger partial charge on any atom is -0.496 e. The van der Waals surface area contributed by atoms with E-state index in [2.05, 4.69) is 102 Å². The van der Waals surface area contributed by atoms with Crippen LogP contribution < -0.4 is 10.1 Å². The molecule has 6 rings (SSSR count). The van der Waals surface area contributed by atoms with E-state index in [1.807, 2.05) is 30.7 Å². The summed E-state index contributed by atoms with van der Waals surface area (Å²) in [6.45, 7) is 3.02. The van der Waals surface area contributed by atoms with Crippen LogP contribution in [0.5, 0.6) is 5.75 Å². The van der Waals surface area contributed by atoms with Gasteiger partial charge in [-0.05, 0) is 87.1 Å². The van der Waals surface area contributed by atoms with E-state index in [-0.39, 0.29) is 0 Å². The molecule has 1 aliphatic rings. The van der Waals surface area contributed by atoms with Crippen LogP contribution in [0.3, 0.4) is 0 Å². The Morgan fingerprint density at radius 1 is 0.703 bits per heavy atom. The predicted octanol–water partition coefficient (Wildman–Crippen LogP) is 8.05. The van der Waals surface area contributed by atoms with Gasteiger partial charge in [0.15, 0.2) is 0 Å². The standard InChI is InChI=1S/C34H28N2O/c1-23-7-3-4-8-26(23)33-27(24-15-19-35-20-16-24)11-14-30-29(33)13-12-28(25-17-21-36-22-18-25)34(30)31-9-5-6-10-32(31)37-2/h3-19,21-22,35H,20H2,1-2H3. The van der Waals surface area contributed by atoms with Crippen LogP contribution in [0.4, 0.5) is 0 Å². The number of hydrogen-bond donors (Lipinski definition) is 1. The van der Waals surface area contributed by atoms with Crippen molar-refractivity contribution in [2.45, 2.75) is 6.92 Å². The molecule has 5 aromatic rings. The molecule has 0 unspecified atom stereocenters. The number of para-hydroxylation sites is 1. The lowest BCUT2D eigenvalue weighted by Crippen LogP contribution is -2.08. The maximum atomic E-state index is 5.85. The molecule has 180 valence electrons. The van der Waals surface area contributed by atoms with Gasteiger partial charge in [0, 0.05) is 30.1 Å². The summed E-state index contributed by atoms with van der Waals surface area (Å²) in [5.74, 6) is 0.857. The quantitative estimate of drug-likeness (QED) is 0.276. The van der Waals surface area contributed by atoms with Crippen molar-refractivity contribution in [1.29, 1.82) is 0 Å². The van der Waals surface area contributed by atoms with Crippen LogP contribution in [0.15, 0.2) is 116 Å². The van der Waals surface area contributed by atoms with Crippen LogP contribution in [0.25, 0.3) is 49.7 Å². The third-order valence-electron chi connectivity index (χ3n) is 7.11. The Morgan fingerprint density at radius 2 is 1.38 bits per heavy atom. The van der Waals surface area contributed by atoms with Crippen LogP contribution in [0.1, 0.15) is 11.1 Å². The maximum absolute atomic E-state index is 5.85. The summed E-state index contributed by atoms with van der Waals surface area (Å²) >= 11 is 0. The van der Waals surface area contributed by atoms with Crippen molar-refractivity contribution in [3.8, 4) is 39.1 Å². The molecule has 2 heterocycles. The Morgan fingerprint density at radius 3 is 2.08 bits per heavy atom. The number of nitrogens with zero attached hydrogens (tertiary/aromatic N) is 1. The number of nitrogens with one attached hydrogen (secondary N) is 1. The van der Waals surface area contributed by atoms with Gasteiger partial charge in [0.25, 0.3) is 0 Å². The van der Waals surface area contributed by atoms with Gasteiger partial charge in [0.05, 0.1) is 7.11 Å². The molecular formula is C34H28N2O. The summed E-state index contributed by atoms with van der Waals surface area (Å²) in [4.78, 5) is 4.25. The van der Waals surface area contributed by atoms with E-state index >= 15 is 0 Å². The minimum absolute atomic E-state index is 0.824. The Balaban J connectivity index is 1.75. The smallest absolute Gasteiger partial charge is 0.126 e. The number of fused-ring (bicyclic) bond motifs is 1. The zero-order valence-corrected chi connectivity index (χ0v) is 21.0. The first-order valence-electron chi connectivity index (χ1n) is 12.6. The minimum atomic E-state index is 0.824. The fraction of sp³-hybridized carbons (Fsp3) is 0.0882. The van der Waals surface area contributed by atoms with Gasteiger partial charge in [0.2, 0.25) is 0 Å². The van der Waals surface area contributed by atoms with Gasteiger partial charge in [-0.15, -0.1) is 0 Å². The molecule has 1 aromatic heterocycles. The summed E-state index contributed by atoms with van der Waals surface area (Å²) in [5.41, 5.74) is 10.8.